The Morgan fingerprint density at radius 3 is 2.44 bits per heavy atom. The van der Waals surface area contributed by atoms with E-state index in [1.807, 2.05) is 0 Å². The summed E-state index contributed by atoms with van der Waals surface area (Å²) in [6, 6.07) is 1.02. The molecule has 0 aliphatic heterocycles. The van der Waals surface area contributed by atoms with Gasteiger partial charge < -0.3 is 15.9 Å². The van der Waals surface area contributed by atoms with Crippen molar-refractivity contribution in [3.05, 3.63) is 29.1 Å². The molecular formula is C11H13ClFNO4. The van der Waals surface area contributed by atoms with Gasteiger partial charge in [-0.15, -0.1) is 12.4 Å². The number of aliphatic carboxylic acids is 1. The van der Waals surface area contributed by atoms with Crippen LogP contribution in [0.5, 0.6) is 5.75 Å². The Labute approximate surface area is 109 Å². The van der Waals surface area contributed by atoms with Crippen molar-refractivity contribution >= 4 is 24.2 Å². The minimum atomic E-state index is -1.22. The molecule has 1 rings (SSSR count). The van der Waals surface area contributed by atoms with Gasteiger partial charge in [-0.25, -0.2) is 4.39 Å². The molecule has 0 aliphatic rings. The van der Waals surface area contributed by atoms with Gasteiger partial charge in [0, 0.05) is 0 Å². The first-order valence-corrected chi connectivity index (χ1v) is 4.83. The van der Waals surface area contributed by atoms with Crippen molar-refractivity contribution in [2.24, 2.45) is 5.73 Å². The number of carboxylic acid groups (broad SMARTS) is 1. The molecule has 18 heavy (non-hydrogen) atoms. The molecule has 7 heteroatoms. The van der Waals surface area contributed by atoms with Gasteiger partial charge in [0.1, 0.15) is 6.04 Å². The highest BCUT2D eigenvalue weighted by Gasteiger charge is 2.17. The van der Waals surface area contributed by atoms with Crippen molar-refractivity contribution in [1.82, 2.24) is 0 Å². The maximum absolute atomic E-state index is 13.3. The zero-order valence-electron chi connectivity index (χ0n) is 9.51. The predicted molar refractivity (Wildman–Crippen MR) is 64.6 cm³/mol. The molecule has 0 spiro atoms. The maximum atomic E-state index is 13.3. The number of carbonyl (C=O) groups excluding carboxylic acids is 1. The van der Waals surface area contributed by atoms with E-state index < -0.39 is 29.4 Å². The van der Waals surface area contributed by atoms with Crippen molar-refractivity contribution in [2.75, 3.05) is 0 Å². The highest BCUT2D eigenvalue weighted by molar-refractivity contribution is 5.97. The van der Waals surface area contributed by atoms with Crippen LogP contribution in [0.2, 0.25) is 0 Å². The average Bonchev–Trinajstić information content (AvgIpc) is 2.22. The molecular weight excluding hydrogens is 265 g/mol. The molecule has 1 unspecified atom stereocenters. The second-order valence-electron chi connectivity index (χ2n) is 3.68. The van der Waals surface area contributed by atoms with E-state index in [4.69, 9.17) is 10.8 Å². The molecule has 0 aliphatic carbocycles. The monoisotopic (exact) mass is 277 g/mol. The Morgan fingerprint density at radius 2 is 2.00 bits per heavy atom. The van der Waals surface area contributed by atoms with Crippen molar-refractivity contribution in [3.63, 3.8) is 0 Å². The topological polar surface area (TPSA) is 101 Å². The first-order chi connectivity index (χ1) is 7.82. The Bertz CT molecular complexity index is 478. The number of carbonyl (C=O) groups is 2. The summed E-state index contributed by atoms with van der Waals surface area (Å²) in [7, 11) is 0. The van der Waals surface area contributed by atoms with E-state index >= 15 is 0 Å². The summed E-state index contributed by atoms with van der Waals surface area (Å²) in [5.41, 5.74) is 5.36. The Balaban J connectivity index is 0.00000289. The van der Waals surface area contributed by atoms with Gasteiger partial charge in [-0.1, -0.05) is 0 Å². The summed E-state index contributed by atoms with van der Waals surface area (Å²) in [6.45, 7) is 1.18. The van der Waals surface area contributed by atoms with Gasteiger partial charge in [0.25, 0.3) is 0 Å². The lowest BCUT2D eigenvalue weighted by Crippen LogP contribution is -2.32. The minimum absolute atomic E-state index is 0. The van der Waals surface area contributed by atoms with Crippen LogP contribution >= 0.6 is 12.4 Å². The van der Waals surface area contributed by atoms with Gasteiger partial charge in [-0.2, -0.15) is 0 Å². The summed E-state index contributed by atoms with van der Waals surface area (Å²) in [5.74, 6) is -3.43. The fraction of sp³-hybridized carbons (Fsp3) is 0.273. The number of rotatable bonds is 4. The molecule has 100 valence electrons. The van der Waals surface area contributed by atoms with Gasteiger partial charge in [-0.05, 0) is 31.0 Å². The van der Waals surface area contributed by atoms with E-state index in [0.717, 1.165) is 6.07 Å². The molecule has 1 atom stereocenters. The number of Topliss-reactive ketones (excluding diaryl/α,β-unsaturated/α-hetero) is 1. The summed E-state index contributed by atoms with van der Waals surface area (Å²) in [4.78, 5) is 21.7. The highest BCUT2D eigenvalue weighted by atomic mass is 35.5. The zero-order valence-corrected chi connectivity index (χ0v) is 10.3. The van der Waals surface area contributed by atoms with Crippen molar-refractivity contribution in [3.8, 4) is 5.75 Å². The van der Waals surface area contributed by atoms with Crippen LogP contribution in [0, 0.1) is 5.82 Å². The van der Waals surface area contributed by atoms with Crippen LogP contribution in [-0.2, 0) is 11.2 Å². The lowest BCUT2D eigenvalue weighted by molar-refractivity contribution is -0.138. The summed E-state index contributed by atoms with van der Waals surface area (Å²) >= 11 is 0. The highest BCUT2D eigenvalue weighted by Crippen LogP contribution is 2.24. The molecule has 4 N–H and O–H groups in total. The second-order valence-corrected chi connectivity index (χ2v) is 3.68. The first kappa shape index (κ1) is 16.3. The number of aromatic hydroxyl groups is 1. The van der Waals surface area contributed by atoms with E-state index in [1.54, 1.807) is 0 Å². The number of phenols is 1. The number of halogens is 2. The van der Waals surface area contributed by atoms with Gasteiger partial charge in [0.15, 0.2) is 17.3 Å². The lowest BCUT2D eigenvalue weighted by atomic mass is 10.0. The Kier molecular flexibility index (Phi) is 5.74. The van der Waals surface area contributed by atoms with Crippen molar-refractivity contribution in [2.45, 2.75) is 19.4 Å². The molecule has 0 radical (unpaired) electrons. The van der Waals surface area contributed by atoms with Crippen LogP contribution in [0.15, 0.2) is 12.1 Å². The first-order valence-electron chi connectivity index (χ1n) is 4.83. The second kappa shape index (κ2) is 6.32. The van der Waals surface area contributed by atoms with Crippen LogP contribution in [0.1, 0.15) is 22.8 Å². The number of nitrogens with two attached hydrogens (primary N) is 1. The molecule has 0 saturated heterocycles. The van der Waals surface area contributed by atoms with Gasteiger partial charge in [0.05, 0.1) is 5.56 Å². The molecule has 0 heterocycles. The van der Waals surface area contributed by atoms with Crippen LogP contribution in [0.3, 0.4) is 0 Å². The summed E-state index contributed by atoms with van der Waals surface area (Å²) < 4.78 is 13.3. The van der Waals surface area contributed by atoms with Crippen molar-refractivity contribution < 1.29 is 24.2 Å². The van der Waals surface area contributed by atoms with Crippen LogP contribution in [0.4, 0.5) is 4.39 Å². The van der Waals surface area contributed by atoms with E-state index in [0.29, 0.717) is 0 Å². The van der Waals surface area contributed by atoms with Crippen LogP contribution < -0.4 is 5.73 Å². The van der Waals surface area contributed by atoms with E-state index in [1.165, 1.54) is 13.0 Å². The molecule has 0 saturated carbocycles. The van der Waals surface area contributed by atoms with Gasteiger partial charge in [0.2, 0.25) is 0 Å². The number of ketones is 1. The lowest BCUT2D eigenvalue weighted by Gasteiger charge is -2.09. The predicted octanol–water partition coefficient (Wildman–Crippen LogP) is 1.11. The maximum Gasteiger partial charge on any atom is 0.320 e. The van der Waals surface area contributed by atoms with E-state index in [9.17, 15) is 19.1 Å². The van der Waals surface area contributed by atoms with Gasteiger partial charge >= 0.3 is 5.97 Å². The number of carboxylic acids is 1. The molecule has 5 nitrogen and oxygen atoms in total. The summed E-state index contributed by atoms with van der Waals surface area (Å²) in [6.07, 6.45) is -0.118. The van der Waals surface area contributed by atoms with E-state index in [-0.39, 0.29) is 30.0 Å². The molecule has 1 aromatic rings. The third kappa shape index (κ3) is 3.68. The molecule has 0 fully saturated rings. The third-order valence-electron chi connectivity index (χ3n) is 2.28. The number of hydrogen-bond acceptors (Lipinski definition) is 4. The molecule has 0 bridgehead atoms. The number of benzene rings is 1. The number of phenolic OH excluding ortho intramolecular Hbond substituents is 1. The fourth-order valence-corrected chi connectivity index (χ4v) is 1.38. The van der Waals surface area contributed by atoms with Crippen molar-refractivity contribution in [1.29, 1.82) is 0 Å². The summed E-state index contributed by atoms with van der Waals surface area (Å²) in [5, 5.41) is 17.9. The quantitative estimate of drug-likeness (QED) is 0.716. The zero-order chi connectivity index (χ0) is 13.2. The standard InChI is InChI=1S/C11H12FNO4.ClH/c1-5(14)7-2-6(3-8(12)10(7)15)4-9(13)11(16)17;/h2-3,9,15H,4,13H2,1H3,(H,16,17);1H. The minimum Gasteiger partial charge on any atom is -0.504 e. The fourth-order valence-electron chi connectivity index (χ4n) is 1.38. The third-order valence-corrected chi connectivity index (χ3v) is 2.28. The SMILES string of the molecule is CC(=O)c1cc(CC(N)C(=O)O)cc(F)c1O.Cl. The normalized spacial score (nSPS) is 11.5. The van der Waals surface area contributed by atoms with Gasteiger partial charge in [-0.3, -0.25) is 9.59 Å². The molecule has 0 aromatic heterocycles. The Hall–Kier alpha value is -1.66. The molecule has 0 amide bonds. The van der Waals surface area contributed by atoms with E-state index in [2.05, 4.69) is 0 Å². The smallest absolute Gasteiger partial charge is 0.320 e. The van der Waals surface area contributed by atoms with Crippen LogP contribution in [0.25, 0.3) is 0 Å². The average molecular weight is 278 g/mol. The molecule has 1 aromatic carbocycles. The number of hydrogen-bond donors (Lipinski definition) is 3. The van der Waals surface area contributed by atoms with Crippen LogP contribution in [-0.4, -0.2) is 28.0 Å². The largest absolute Gasteiger partial charge is 0.504 e. The Morgan fingerprint density at radius 1 is 1.44 bits per heavy atom.